The van der Waals surface area contributed by atoms with Crippen LogP contribution in [-0.4, -0.2) is 41.6 Å². The van der Waals surface area contributed by atoms with Crippen LogP contribution in [-0.2, 0) is 9.59 Å². The van der Waals surface area contributed by atoms with Gasteiger partial charge in [0.05, 0.1) is 6.04 Å². The number of anilines is 1. The summed E-state index contributed by atoms with van der Waals surface area (Å²) in [5.41, 5.74) is 15.5. The zero-order valence-corrected chi connectivity index (χ0v) is 16.9. The molecule has 9 heteroatoms. The predicted octanol–water partition coefficient (Wildman–Crippen LogP) is 0.838. The van der Waals surface area contributed by atoms with E-state index >= 15 is 0 Å². The molecule has 160 valence electrons. The van der Waals surface area contributed by atoms with Crippen LogP contribution in [0.1, 0.15) is 24.2 Å². The maximum Gasteiger partial charge on any atom is 0.267 e. The van der Waals surface area contributed by atoms with Gasteiger partial charge in [0.15, 0.2) is 0 Å². The van der Waals surface area contributed by atoms with Gasteiger partial charge in [-0.1, -0.05) is 38.1 Å². The number of rotatable bonds is 8. The highest BCUT2D eigenvalue weighted by molar-refractivity contribution is 5.98. The smallest absolute Gasteiger partial charge is 0.267 e. The second-order valence-electron chi connectivity index (χ2n) is 7.15. The van der Waals surface area contributed by atoms with E-state index in [0.717, 1.165) is 11.1 Å². The predicted molar refractivity (Wildman–Crippen MR) is 114 cm³/mol. The van der Waals surface area contributed by atoms with E-state index in [2.05, 4.69) is 10.6 Å². The third-order valence-electron chi connectivity index (χ3n) is 4.62. The molecule has 0 fully saturated rings. The Balaban J connectivity index is 2.05. The Morgan fingerprint density at radius 1 is 0.933 bits per heavy atom. The van der Waals surface area contributed by atoms with Gasteiger partial charge in [-0.3, -0.25) is 19.6 Å². The lowest BCUT2D eigenvalue weighted by molar-refractivity contribution is -0.130. The number of hydrogen-bond donors (Lipinski definition) is 6. The van der Waals surface area contributed by atoms with Crippen LogP contribution < -0.4 is 27.6 Å². The first-order valence-corrected chi connectivity index (χ1v) is 9.48. The fourth-order valence-electron chi connectivity index (χ4n) is 2.64. The van der Waals surface area contributed by atoms with Crippen molar-refractivity contribution < 1.29 is 19.6 Å². The van der Waals surface area contributed by atoms with Gasteiger partial charge in [-0.15, -0.1) is 0 Å². The van der Waals surface area contributed by atoms with Crippen LogP contribution in [0.4, 0.5) is 5.69 Å². The fraction of sp³-hybridized carbons (Fsp3) is 0.286. The van der Waals surface area contributed by atoms with Crippen LogP contribution >= 0.6 is 0 Å². The van der Waals surface area contributed by atoms with Crippen LogP contribution in [0.3, 0.4) is 0 Å². The molecule has 0 spiro atoms. The van der Waals surface area contributed by atoms with E-state index in [1.807, 2.05) is 26.0 Å². The van der Waals surface area contributed by atoms with Gasteiger partial charge < -0.3 is 22.1 Å². The first-order chi connectivity index (χ1) is 14.3. The number of hydrogen-bond acceptors (Lipinski definition) is 6. The number of carbonyl (C=O) groups is 3. The van der Waals surface area contributed by atoms with Crippen LogP contribution in [0.5, 0.6) is 0 Å². The van der Waals surface area contributed by atoms with Gasteiger partial charge in [0, 0.05) is 17.8 Å². The van der Waals surface area contributed by atoms with Gasteiger partial charge in [-0.05, 0) is 41.3 Å². The molecule has 0 bridgehead atoms. The Morgan fingerprint density at radius 2 is 1.47 bits per heavy atom. The average Bonchev–Trinajstić information content (AvgIpc) is 2.76. The minimum atomic E-state index is -1.03. The molecule has 2 rings (SSSR count). The molecule has 2 aromatic carbocycles. The highest BCUT2D eigenvalue weighted by atomic mass is 16.5. The van der Waals surface area contributed by atoms with E-state index in [1.54, 1.807) is 36.4 Å². The van der Waals surface area contributed by atoms with Crippen molar-refractivity contribution in [2.24, 2.45) is 17.4 Å². The quantitative estimate of drug-likeness (QED) is 0.278. The largest absolute Gasteiger partial charge is 0.339 e. The van der Waals surface area contributed by atoms with Crippen LogP contribution in [0.25, 0.3) is 11.1 Å². The summed E-state index contributed by atoms with van der Waals surface area (Å²) >= 11 is 0. The molecule has 0 unspecified atom stereocenters. The Kier molecular flexibility index (Phi) is 8.05. The summed E-state index contributed by atoms with van der Waals surface area (Å²) in [6.07, 6.45) is 0. The van der Waals surface area contributed by atoms with Crippen molar-refractivity contribution in [3.8, 4) is 11.1 Å². The second-order valence-corrected chi connectivity index (χ2v) is 7.15. The molecule has 9 nitrogen and oxygen atoms in total. The molecule has 0 aliphatic carbocycles. The minimum absolute atomic E-state index is 0.0399. The Morgan fingerprint density at radius 3 is 1.93 bits per heavy atom. The third kappa shape index (κ3) is 5.86. The molecule has 3 amide bonds. The molecule has 2 atom stereocenters. The molecule has 0 radical (unpaired) electrons. The molecule has 0 aliphatic rings. The summed E-state index contributed by atoms with van der Waals surface area (Å²) in [6.45, 7) is 3.62. The average molecular weight is 413 g/mol. The van der Waals surface area contributed by atoms with E-state index in [4.69, 9.17) is 16.7 Å². The van der Waals surface area contributed by atoms with Crippen molar-refractivity contribution in [3.05, 3.63) is 54.1 Å². The summed E-state index contributed by atoms with van der Waals surface area (Å²) in [5, 5.41) is 13.9. The fourth-order valence-corrected chi connectivity index (χ4v) is 2.64. The van der Waals surface area contributed by atoms with Gasteiger partial charge in [-0.25, -0.2) is 5.48 Å². The number of amides is 3. The molecular weight excluding hydrogens is 386 g/mol. The molecular formula is C21H27N5O4. The van der Waals surface area contributed by atoms with Crippen LogP contribution in [0.2, 0.25) is 0 Å². The normalized spacial score (nSPS) is 12.7. The van der Waals surface area contributed by atoms with Gasteiger partial charge in [0.2, 0.25) is 5.91 Å². The molecule has 30 heavy (non-hydrogen) atoms. The third-order valence-corrected chi connectivity index (χ3v) is 4.62. The molecule has 0 heterocycles. The topological polar surface area (TPSA) is 160 Å². The number of nitrogens with two attached hydrogens (primary N) is 2. The zero-order valence-electron chi connectivity index (χ0n) is 16.9. The van der Waals surface area contributed by atoms with E-state index in [0.29, 0.717) is 11.3 Å². The standard InChI is InChI=1S/C21H27N5O4/c1-12(2)18(23)21(29)24-16-9-7-14(8-10-16)13-3-5-15(6-4-13)19(27)25-17(11-22)20(28)26-30/h3-10,12,17-18,30H,11,22-23H2,1-2H3,(H,24,29)(H,25,27)(H,26,28)/t17-,18-/m0/s1. The molecule has 2 aromatic rings. The summed E-state index contributed by atoms with van der Waals surface area (Å²) in [7, 11) is 0. The molecule has 0 saturated heterocycles. The summed E-state index contributed by atoms with van der Waals surface area (Å²) < 4.78 is 0. The Bertz CT molecular complexity index is 881. The minimum Gasteiger partial charge on any atom is -0.339 e. The van der Waals surface area contributed by atoms with Crippen LogP contribution in [0.15, 0.2) is 48.5 Å². The monoisotopic (exact) mass is 413 g/mol. The molecule has 8 N–H and O–H groups in total. The van der Waals surface area contributed by atoms with E-state index in [1.165, 1.54) is 5.48 Å². The zero-order chi connectivity index (χ0) is 22.3. The number of carbonyl (C=O) groups excluding carboxylic acids is 3. The van der Waals surface area contributed by atoms with E-state index in [-0.39, 0.29) is 18.4 Å². The van der Waals surface area contributed by atoms with Crippen molar-refractivity contribution in [3.63, 3.8) is 0 Å². The van der Waals surface area contributed by atoms with E-state index in [9.17, 15) is 14.4 Å². The lowest BCUT2D eigenvalue weighted by Crippen LogP contribution is -2.50. The molecule has 0 saturated carbocycles. The number of benzene rings is 2. The molecule has 0 aromatic heterocycles. The van der Waals surface area contributed by atoms with Gasteiger partial charge >= 0.3 is 0 Å². The number of nitrogens with one attached hydrogen (secondary N) is 3. The summed E-state index contributed by atoms with van der Waals surface area (Å²) in [4.78, 5) is 35.7. The maximum atomic E-state index is 12.3. The van der Waals surface area contributed by atoms with Crippen LogP contribution in [0, 0.1) is 5.92 Å². The molecule has 0 aliphatic heterocycles. The Hall–Kier alpha value is -3.27. The Labute approximate surface area is 174 Å². The maximum absolute atomic E-state index is 12.3. The van der Waals surface area contributed by atoms with Gasteiger partial charge in [0.25, 0.3) is 11.8 Å². The second kappa shape index (κ2) is 10.5. The van der Waals surface area contributed by atoms with Crippen molar-refractivity contribution in [1.29, 1.82) is 0 Å². The first kappa shape index (κ1) is 23.0. The van der Waals surface area contributed by atoms with Crippen molar-refractivity contribution in [2.45, 2.75) is 25.9 Å². The lowest BCUT2D eigenvalue weighted by atomic mass is 10.0. The van der Waals surface area contributed by atoms with E-state index < -0.39 is 23.9 Å². The van der Waals surface area contributed by atoms with Gasteiger partial charge in [-0.2, -0.15) is 0 Å². The summed E-state index contributed by atoms with van der Waals surface area (Å²) in [5.74, 6) is -1.47. The lowest BCUT2D eigenvalue weighted by Gasteiger charge is -2.15. The van der Waals surface area contributed by atoms with Crippen molar-refractivity contribution in [1.82, 2.24) is 10.8 Å². The number of hydroxylamine groups is 1. The first-order valence-electron chi connectivity index (χ1n) is 9.48. The SMILES string of the molecule is CC(C)[C@H](N)C(=O)Nc1ccc(-c2ccc(C(=O)N[C@@H](CN)C(=O)NO)cc2)cc1. The highest BCUT2D eigenvalue weighted by Gasteiger charge is 2.19. The van der Waals surface area contributed by atoms with Crippen molar-refractivity contribution >= 4 is 23.4 Å². The summed E-state index contributed by atoms with van der Waals surface area (Å²) in [6, 6.07) is 12.4. The van der Waals surface area contributed by atoms with Gasteiger partial charge in [0.1, 0.15) is 6.04 Å². The highest BCUT2D eigenvalue weighted by Crippen LogP contribution is 2.22. The van der Waals surface area contributed by atoms with Crippen molar-refractivity contribution in [2.75, 3.05) is 11.9 Å².